The number of carbonyl (C=O) groups excluding carboxylic acids is 2. The maximum absolute atomic E-state index is 12.7. The molecule has 30 heavy (non-hydrogen) atoms. The lowest BCUT2D eigenvalue weighted by Gasteiger charge is -2.13. The number of hydrogen-bond donors (Lipinski definition) is 2. The molecule has 2 aromatic carbocycles. The number of aromatic nitrogens is 2. The molecule has 8 nitrogen and oxygen atoms in total. The lowest BCUT2D eigenvalue weighted by molar-refractivity contribution is 0.0846. The van der Waals surface area contributed by atoms with E-state index in [0.717, 1.165) is 5.69 Å². The number of hydrazine groups is 1. The van der Waals surface area contributed by atoms with Gasteiger partial charge in [0.05, 0.1) is 23.1 Å². The van der Waals surface area contributed by atoms with Crippen molar-refractivity contribution in [2.75, 3.05) is 6.79 Å². The molecule has 1 aromatic heterocycles. The van der Waals surface area contributed by atoms with Gasteiger partial charge in [-0.3, -0.25) is 20.4 Å². The van der Waals surface area contributed by atoms with E-state index >= 15 is 0 Å². The number of hydrogen-bond acceptors (Lipinski definition) is 5. The first-order valence-corrected chi connectivity index (χ1v) is 9.66. The Kier molecular flexibility index (Phi) is 5.33. The number of fused-ring (bicyclic) bond motifs is 1. The lowest BCUT2D eigenvalue weighted by Crippen LogP contribution is -2.41. The van der Waals surface area contributed by atoms with Crippen LogP contribution >= 0.6 is 11.6 Å². The fourth-order valence-corrected chi connectivity index (χ4v) is 3.29. The Balaban J connectivity index is 1.50. The first-order chi connectivity index (χ1) is 14.4. The van der Waals surface area contributed by atoms with Gasteiger partial charge in [0.15, 0.2) is 11.5 Å². The maximum Gasteiger partial charge on any atom is 0.273 e. The van der Waals surface area contributed by atoms with Crippen LogP contribution in [0.2, 0.25) is 5.02 Å². The van der Waals surface area contributed by atoms with E-state index in [9.17, 15) is 9.59 Å². The summed E-state index contributed by atoms with van der Waals surface area (Å²) >= 11 is 5.96. The lowest BCUT2D eigenvalue weighted by atomic mass is 10.1. The minimum atomic E-state index is -0.474. The Morgan fingerprint density at radius 2 is 1.73 bits per heavy atom. The molecule has 0 spiro atoms. The third-order valence-corrected chi connectivity index (χ3v) is 4.85. The SMILES string of the molecule is CC(C)c1c(C(=O)NNC(=O)c2ccc3c(c2)OCO3)cnn1-c1ccc(Cl)cc1. The van der Waals surface area contributed by atoms with Gasteiger partial charge in [0.25, 0.3) is 11.8 Å². The Morgan fingerprint density at radius 1 is 1.03 bits per heavy atom. The fraction of sp³-hybridized carbons (Fsp3) is 0.190. The first kappa shape index (κ1) is 19.8. The molecule has 4 rings (SSSR count). The van der Waals surface area contributed by atoms with Crippen molar-refractivity contribution >= 4 is 23.4 Å². The van der Waals surface area contributed by atoms with Crippen LogP contribution in [0, 0.1) is 0 Å². The quantitative estimate of drug-likeness (QED) is 0.623. The molecule has 0 fully saturated rings. The molecule has 0 saturated heterocycles. The zero-order chi connectivity index (χ0) is 21.3. The Bertz CT molecular complexity index is 1110. The molecule has 1 aliphatic rings. The normalized spacial score (nSPS) is 12.1. The molecule has 1 aliphatic heterocycles. The number of rotatable bonds is 4. The van der Waals surface area contributed by atoms with Crippen LogP contribution in [0.4, 0.5) is 0 Å². The molecule has 0 unspecified atom stereocenters. The minimum absolute atomic E-state index is 0.00786. The van der Waals surface area contributed by atoms with Gasteiger partial charge in [-0.25, -0.2) is 4.68 Å². The molecule has 0 radical (unpaired) electrons. The standard InChI is InChI=1S/C21H19ClN4O4/c1-12(2)19-16(10-23-26(19)15-6-4-14(22)5-7-15)21(28)25-24-20(27)13-3-8-17-18(9-13)30-11-29-17/h3-10,12H,11H2,1-2H3,(H,24,27)(H,25,28). The van der Waals surface area contributed by atoms with Crippen molar-refractivity contribution in [3.63, 3.8) is 0 Å². The highest BCUT2D eigenvalue weighted by molar-refractivity contribution is 6.30. The van der Waals surface area contributed by atoms with Crippen molar-refractivity contribution in [1.29, 1.82) is 0 Å². The number of benzene rings is 2. The van der Waals surface area contributed by atoms with Crippen LogP contribution in [0.3, 0.4) is 0 Å². The Hall–Kier alpha value is -3.52. The number of halogens is 1. The Morgan fingerprint density at radius 3 is 2.47 bits per heavy atom. The predicted octanol–water partition coefficient (Wildman–Crippen LogP) is 3.45. The summed E-state index contributed by atoms with van der Waals surface area (Å²) < 4.78 is 12.2. The van der Waals surface area contributed by atoms with Gasteiger partial charge in [0.2, 0.25) is 6.79 Å². The van der Waals surface area contributed by atoms with Gasteiger partial charge in [-0.15, -0.1) is 0 Å². The van der Waals surface area contributed by atoms with Crippen molar-refractivity contribution in [2.24, 2.45) is 0 Å². The minimum Gasteiger partial charge on any atom is -0.454 e. The Labute approximate surface area is 177 Å². The monoisotopic (exact) mass is 426 g/mol. The van der Waals surface area contributed by atoms with Crippen molar-refractivity contribution in [1.82, 2.24) is 20.6 Å². The van der Waals surface area contributed by atoms with Crippen LogP contribution in [0.5, 0.6) is 11.5 Å². The van der Waals surface area contributed by atoms with E-state index in [1.807, 2.05) is 26.0 Å². The van der Waals surface area contributed by atoms with E-state index in [4.69, 9.17) is 21.1 Å². The summed E-state index contributed by atoms with van der Waals surface area (Å²) in [7, 11) is 0. The van der Waals surface area contributed by atoms with Crippen molar-refractivity contribution in [3.05, 3.63) is 70.5 Å². The second kappa shape index (κ2) is 8.08. The van der Waals surface area contributed by atoms with Gasteiger partial charge >= 0.3 is 0 Å². The molecule has 154 valence electrons. The summed E-state index contributed by atoms with van der Waals surface area (Å²) in [6.45, 7) is 4.05. The molecule has 2 N–H and O–H groups in total. The molecule has 3 aromatic rings. The summed E-state index contributed by atoms with van der Waals surface area (Å²) in [6, 6.07) is 12.0. The number of nitrogens with one attached hydrogen (secondary N) is 2. The van der Waals surface area contributed by atoms with Gasteiger partial charge in [0, 0.05) is 10.6 Å². The first-order valence-electron chi connectivity index (χ1n) is 9.28. The molecular formula is C21H19ClN4O4. The van der Waals surface area contributed by atoms with Crippen molar-refractivity contribution in [2.45, 2.75) is 19.8 Å². The van der Waals surface area contributed by atoms with Crippen LogP contribution in [0.25, 0.3) is 5.69 Å². The highest BCUT2D eigenvalue weighted by atomic mass is 35.5. The van der Waals surface area contributed by atoms with Crippen LogP contribution in [0.1, 0.15) is 46.2 Å². The van der Waals surface area contributed by atoms with E-state index in [1.54, 1.807) is 35.0 Å². The average Bonchev–Trinajstić information content (AvgIpc) is 3.38. The van der Waals surface area contributed by atoms with Crippen LogP contribution in [0.15, 0.2) is 48.7 Å². The fourth-order valence-electron chi connectivity index (χ4n) is 3.17. The molecule has 0 atom stereocenters. The molecule has 0 saturated carbocycles. The topological polar surface area (TPSA) is 94.5 Å². The van der Waals surface area contributed by atoms with Gasteiger partial charge in [-0.1, -0.05) is 25.4 Å². The van der Waals surface area contributed by atoms with E-state index in [1.165, 1.54) is 6.20 Å². The number of ether oxygens (including phenoxy) is 2. The van der Waals surface area contributed by atoms with Crippen LogP contribution in [-0.2, 0) is 0 Å². The second-order valence-corrected chi connectivity index (χ2v) is 7.40. The third kappa shape index (κ3) is 3.81. The van der Waals surface area contributed by atoms with E-state index in [2.05, 4.69) is 16.0 Å². The van der Waals surface area contributed by atoms with Crippen LogP contribution < -0.4 is 20.3 Å². The van der Waals surface area contributed by atoms with Gasteiger partial charge in [-0.2, -0.15) is 5.10 Å². The average molecular weight is 427 g/mol. The van der Waals surface area contributed by atoms with E-state index in [-0.39, 0.29) is 12.7 Å². The highest BCUT2D eigenvalue weighted by Crippen LogP contribution is 2.32. The maximum atomic E-state index is 12.7. The molecule has 9 heteroatoms. The molecule has 2 heterocycles. The molecule has 0 bridgehead atoms. The largest absolute Gasteiger partial charge is 0.454 e. The van der Waals surface area contributed by atoms with Crippen molar-refractivity contribution < 1.29 is 19.1 Å². The molecular weight excluding hydrogens is 408 g/mol. The number of amides is 2. The van der Waals surface area contributed by atoms with Gasteiger partial charge in [0.1, 0.15) is 0 Å². The number of nitrogens with zero attached hydrogens (tertiary/aromatic N) is 2. The summed E-state index contributed by atoms with van der Waals surface area (Å²) in [4.78, 5) is 25.1. The van der Waals surface area contributed by atoms with Crippen LogP contribution in [-0.4, -0.2) is 28.4 Å². The number of carbonyl (C=O) groups is 2. The van der Waals surface area contributed by atoms with E-state index in [0.29, 0.717) is 33.3 Å². The van der Waals surface area contributed by atoms with Crippen molar-refractivity contribution in [3.8, 4) is 17.2 Å². The zero-order valence-electron chi connectivity index (χ0n) is 16.3. The van der Waals surface area contributed by atoms with E-state index < -0.39 is 11.8 Å². The van der Waals surface area contributed by atoms with Gasteiger partial charge in [-0.05, 0) is 48.4 Å². The summed E-state index contributed by atoms with van der Waals surface area (Å²) in [5, 5.41) is 4.96. The summed E-state index contributed by atoms with van der Waals surface area (Å²) in [6.07, 6.45) is 1.48. The smallest absolute Gasteiger partial charge is 0.273 e. The molecule has 0 aliphatic carbocycles. The second-order valence-electron chi connectivity index (χ2n) is 6.96. The van der Waals surface area contributed by atoms with Gasteiger partial charge < -0.3 is 9.47 Å². The highest BCUT2D eigenvalue weighted by Gasteiger charge is 2.22. The predicted molar refractivity (Wildman–Crippen MR) is 110 cm³/mol. The molecule has 2 amide bonds. The zero-order valence-corrected chi connectivity index (χ0v) is 17.1. The summed E-state index contributed by atoms with van der Waals surface area (Å²) in [5.41, 5.74) is 7.07. The third-order valence-electron chi connectivity index (χ3n) is 4.59. The summed E-state index contributed by atoms with van der Waals surface area (Å²) in [5.74, 6) is 0.131.